The number of hydrogen-bond donors (Lipinski definition) is 1. The van der Waals surface area contributed by atoms with Crippen molar-refractivity contribution in [1.29, 1.82) is 0 Å². The van der Waals surface area contributed by atoms with Crippen LogP contribution in [0, 0.1) is 13.8 Å². The number of rotatable bonds is 5. The van der Waals surface area contributed by atoms with E-state index >= 15 is 0 Å². The van der Waals surface area contributed by atoms with Crippen molar-refractivity contribution in [2.75, 3.05) is 0 Å². The van der Waals surface area contributed by atoms with Gasteiger partial charge in [0.1, 0.15) is 0 Å². The molecule has 0 bridgehead atoms. The van der Waals surface area contributed by atoms with Crippen LogP contribution in [0.3, 0.4) is 0 Å². The van der Waals surface area contributed by atoms with Gasteiger partial charge in [-0.3, -0.25) is 4.79 Å². The molecule has 1 aromatic heterocycles. The van der Waals surface area contributed by atoms with E-state index in [1.165, 1.54) is 17.0 Å². The molecule has 1 heterocycles. The van der Waals surface area contributed by atoms with Crippen molar-refractivity contribution < 1.29 is 4.79 Å². The van der Waals surface area contributed by atoms with Gasteiger partial charge in [-0.2, -0.15) is 0 Å². The van der Waals surface area contributed by atoms with E-state index in [-0.39, 0.29) is 5.91 Å². The van der Waals surface area contributed by atoms with Crippen LogP contribution in [0.15, 0.2) is 36.4 Å². The Balaban J connectivity index is 1.97. The fourth-order valence-electron chi connectivity index (χ4n) is 2.86. The van der Waals surface area contributed by atoms with Gasteiger partial charge in [0.25, 0.3) is 0 Å². The van der Waals surface area contributed by atoms with Crippen molar-refractivity contribution in [2.45, 2.75) is 46.7 Å². The largest absolute Gasteiger partial charge is 0.352 e. The molecule has 0 aliphatic rings. The van der Waals surface area contributed by atoms with Crippen LogP contribution in [0.4, 0.5) is 0 Å². The van der Waals surface area contributed by atoms with Gasteiger partial charge in [0.2, 0.25) is 5.91 Å². The Hall–Kier alpha value is -2.03. The van der Waals surface area contributed by atoms with Crippen molar-refractivity contribution in [2.24, 2.45) is 0 Å². The number of aromatic nitrogens is 1. The molecule has 21 heavy (non-hydrogen) atoms. The van der Waals surface area contributed by atoms with E-state index in [0.717, 1.165) is 5.56 Å². The maximum absolute atomic E-state index is 12.0. The molecule has 2 aromatic rings. The van der Waals surface area contributed by atoms with E-state index in [0.29, 0.717) is 19.0 Å². The van der Waals surface area contributed by atoms with E-state index < -0.39 is 0 Å². The molecule has 0 fully saturated rings. The average Bonchev–Trinajstić information content (AvgIpc) is 2.72. The molecule has 0 unspecified atom stereocenters. The van der Waals surface area contributed by atoms with Crippen LogP contribution >= 0.6 is 0 Å². The number of amides is 1. The predicted octanol–water partition coefficient (Wildman–Crippen LogP) is 3.54. The second-order valence-corrected chi connectivity index (χ2v) is 5.80. The van der Waals surface area contributed by atoms with Gasteiger partial charge < -0.3 is 9.88 Å². The van der Waals surface area contributed by atoms with E-state index in [4.69, 9.17) is 0 Å². The summed E-state index contributed by atoms with van der Waals surface area (Å²) in [6.07, 6.45) is 0.434. The Morgan fingerprint density at radius 2 is 1.86 bits per heavy atom. The molecule has 0 aliphatic carbocycles. The molecule has 0 radical (unpaired) electrons. The lowest BCUT2D eigenvalue weighted by Gasteiger charge is -2.14. The molecule has 1 amide bonds. The average molecular weight is 284 g/mol. The molecule has 0 atom stereocenters. The zero-order valence-electron chi connectivity index (χ0n) is 13.3. The molecule has 1 N–H and O–H groups in total. The van der Waals surface area contributed by atoms with Crippen LogP contribution in [-0.2, 0) is 17.8 Å². The summed E-state index contributed by atoms with van der Waals surface area (Å²) in [6.45, 7) is 9.18. The normalized spacial score (nSPS) is 10.9. The summed E-state index contributed by atoms with van der Waals surface area (Å²) < 4.78 is 2.30. The highest BCUT2D eigenvalue weighted by atomic mass is 16.1. The van der Waals surface area contributed by atoms with Gasteiger partial charge in [-0.25, -0.2) is 0 Å². The van der Waals surface area contributed by atoms with E-state index in [1.807, 2.05) is 30.3 Å². The monoisotopic (exact) mass is 284 g/mol. The molecule has 112 valence electrons. The minimum Gasteiger partial charge on any atom is -0.352 e. The first-order chi connectivity index (χ1) is 9.99. The van der Waals surface area contributed by atoms with Gasteiger partial charge in [-0.05, 0) is 44.9 Å². The third-order valence-electron chi connectivity index (χ3n) is 3.79. The van der Waals surface area contributed by atoms with Crippen LogP contribution < -0.4 is 5.32 Å². The number of benzene rings is 1. The highest BCUT2D eigenvalue weighted by Gasteiger charge is 2.12. The maximum atomic E-state index is 12.0. The summed E-state index contributed by atoms with van der Waals surface area (Å²) >= 11 is 0. The van der Waals surface area contributed by atoms with Crippen LogP contribution in [0.2, 0.25) is 0 Å². The van der Waals surface area contributed by atoms with Crippen LogP contribution in [0.1, 0.15) is 42.4 Å². The van der Waals surface area contributed by atoms with Crippen LogP contribution in [-0.4, -0.2) is 10.5 Å². The maximum Gasteiger partial charge on any atom is 0.224 e. The Kier molecular flexibility index (Phi) is 4.84. The molecule has 0 saturated carbocycles. The summed E-state index contributed by atoms with van der Waals surface area (Å²) in [7, 11) is 0. The van der Waals surface area contributed by atoms with Crippen molar-refractivity contribution in [3.8, 4) is 0 Å². The van der Waals surface area contributed by atoms with Gasteiger partial charge in [0, 0.05) is 24.0 Å². The number of hydrogen-bond acceptors (Lipinski definition) is 1. The summed E-state index contributed by atoms with van der Waals surface area (Å²) in [5, 5.41) is 3.02. The lowest BCUT2D eigenvalue weighted by atomic mass is 10.1. The Labute approximate surface area is 127 Å². The summed E-state index contributed by atoms with van der Waals surface area (Å²) in [5.41, 5.74) is 4.72. The van der Waals surface area contributed by atoms with Gasteiger partial charge in [0.15, 0.2) is 0 Å². The topological polar surface area (TPSA) is 34.0 Å². The Bertz CT molecular complexity index is 612. The minimum atomic E-state index is 0.0653. The first-order valence-corrected chi connectivity index (χ1v) is 7.47. The molecule has 3 nitrogen and oxygen atoms in total. The van der Waals surface area contributed by atoms with Gasteiger partial charge in [0.05, 0.1) is 6.42 Å². The number of nitrogens with one attached hydrogen (secondary N) is 1. The van der Waals surface area contributed by atoms with Gasteiger partial charge in [-0.1, -0.05) is 30.3 Å². The third-order valence-corrected chi connectivity index (χ3v) is 3.79. The van der Waals surface area contributed by atoms with Crippen molar-refractivity contribution in [3.63, 3.8) is 0 Å². The molecular weight excluding hydrogens is 260 g/mol. The third kappa shape index (κ3) is 3.75. The fourth-order valence-corrected chi connectivity index (χ4v) is 2.86. The Morgan fingerprint density at radius 3 is 2.43 bits per heavy atom. The quantitative estimate of drug-likeness (QED) is 0.895. The van der Waals surface area contributed by atoms with E-state index in [2.05, 4.69) is 43.6 Å². The zero-order valence-corrected chi connectivity index (χ0v) is 13.3. The van der Waals surface area contributed by atoms with Crippen LogP contribution in [0.25, 0.3) is 0 Å². The first-order valence-electron chi connectivity index (χ1n) is 7.47. The molecule has 0 spiro atoms. The number of nitrogens with zero attached hydrogens (tertiary/aromatic N) is 1. The molecular formula is C18H24N2O. The number of aryl methyl sites for hydroxylation is 1. The van der Waals surface area contributed by atoms with Crippen molar-refractivity contribution in [1.82, 2.24) is 9.88 Å². The number of carbonyl (C=O) groups excluding carboxylic acids is 1. The summed E-state index contributed by atoms with van der Waals surface area (Å²) in [4.78, 5) is 12.0. The first kappa shape index (κ1) is 15.4. The molecule has 3 heteroatoms. The Morgan fingerprint density at radius 1 is 1.19 bits per heavy atom. The van der Waals surface area contributed by atoms with Crippen LogP contribution in [0.5, 0.6) is 0 Å². The second kappa shape index (κ2) is 6.61. The minimum absolute atomic E-state index is 0.0653. The summed E-state index contributed by atoms with van der Waals surface area (Å²) in [5.74, 6) is 0.0653. The van der Waals surface area contributed by atoms with E-state index in [9.17, 15) is 4.79 Å². The predicted molar refractivity (Wildman–Crippen MR) is 86.3 cm³/mol. The van der Waals surface area contributed by atoms with Gasteiger partial charge >= 0.3 is 0 Å². The zero-order chi connectivity index (χ0) is 15.4. The SMILES string of the molecule is Cc1cc(CNC(=O)Cc2ccccc2)c(C)n1C(C)C. The van der Waals surface area contributed by atoms with Gasteiger partial charge in [-0.15, -0.1) is 0 Å². The number of carbonyl (C=O) groups is 1. The highest BCUT2D eigenvalue weighted by molar-refractivity contribution is 5.78. The lowest BCUT2D eigenvalue weighted by molar-refractivity contribution is -0.120. The van der Waals surface area contributed by atoms with Crippen molar-refractivity contribution >= 4 is 5.91 Å². The van der Waals surface area contributed by atoms with Crippen molar-refractivity contribution in [3.05, 3.63) is 58.9 Å². The standard InChI is InChI=1S/C18H24N2O/c1-13(2)20-14(3)10-17(15(20)4)12-19-18(21)11-16-8-6-5-7-9-16/h5-10,13H,11-12H2,1-4H3,(H,19,21). The lowest BCUT2D eigenvalue weighted by Crippen LogP contribution is -2.24. The molecule has 0 saturated heterocycles. The summed E-state index contributed by atoms with van der Waals surface area (Å²) in [6, 6.07) is 12.4. The van der Waals surface area contributed by atoms with E-state index in [1.54, 1.807) is 0 Å². The smallest absolute Gasteiger partial charge is 0.224 e. The second-order valence-electron chi connectivity index (χ2n) is 5.80. The molecule has 2 rings (SSSR count). The molecule has 1 aromatic carbocycles. The fraction of sp³-hybridized carbons (Fsp3) is 0.389. The highest BCUT2D eigenvalue weighted by Crippen LogP contribution is 2.19. The molecule has 0 aliphatic heterocycles.